The van der Waals surface area contributed by atoms with Gasteiger partial charge in [0.2, 0.25) is 5.91 Å². The third-order valence-electron chi connectivity index (χ3n) is 8.16. The minimum atomic E-state index is -2.66. The molecule has 2 fully saturated rings. The van der Waals surface area contributed by atoms with Gasteiger partial charge in [-0.3, -0.25) is 24.0 Å². The Bertz CT molecular complexity index is 1160. The molecule has 3 aliphatic carbocycles. The van der Waals surface area contributed by atoms with Crippen molar-refractivity contribution in [1.82, 2.24) is 5.32 Å². The Labute approximate surface area is 209 Å². The van der Waals surface area contributed by atoms with Crippen LogP contribution in [0.2, 0.25) is 0 Å². The first-order valence-electron chi connectivity index (χ1n) is 12.5. The second kappa shape index (κ2) is 9.19. The van der Waals surface area contributed by atoms with E-state index in [0.717, 1.165) is 12.1 Å². The maximum atomic E-state index is 13.8. The molecule has 2 unspecified atom stereocenters. The molecule has 3 aliphatic rings. The van der Waals surface area contributed by atoms with Crippen molar-refractivity contribution in [3.8, 4) is 5.75 Å². The highest BCUT2D eigenvalue weighted by Gasteiger charge is 2.69. The number of primary amides is 1. The number of hydrogen-bond acceptors (Lipinski definition) is 8. The molecular formula is C27H34N2O7. The zero-order valence-electron chi connectivity index (χ0n) is 21.0. The SMILES string of the molecule is CC(C)CNCc1ccc(O)c2c1C[C@H]1C[C@H]3[C@H](C(C)C)C(=O)C(C(N)=O)C(=O)[C@@]3(O)C(=O)C1C2=O. The van der Waals surface area contributed by atoms with Crippen molar-refractivity contribution >= 4 is 29.0 Å². The van der Waals surface area contributed by atoms with Gasteiger partial charge in [-0.15, -0.1) is 0 Å². The fraction of sp³-hybridized carbons (Fsp3) is 0.593. The van der Waals surface area contributed by atoms with E-state index in [9.17, 15) is 34.2 Å². The van der Waals surface area contributed by atoms with Gasteiger partial charge in [0.25, 0.3) is 0 Å². The first-order valence-corrected chi connectivity index (χ1v) is 12.5. The number of nitrogens with one attached hydrogen (secondary N) is 1. The highest BCUT2D eigenvalue weighted by Crippen LogP contribution is 2.53. The number of carbonyl (C=O) groups is 5. The number of benzene rings is 1. The molecule has 2 saturated carbocycles. The molecule has 5 N–H and O–H groups in total. The van der Waals surface area contributed by atoms with Crippen LogP contribution in [-0.2, 0) is 32.1 Å². The van der Waals surface area contributed by atoms with Crippen LogP contribution in [-0.4, -0.2) is 51.4 Å². The number of phenolic OH excluding ortho intramolecular Hbond substituents is 1. The lowest BCUT2D eigenvalue weighted by Crippen LogP contribution is -2.71. The van der Waals surface area contributed by atoms with E-state index in [-0.39, 0.29) is 30.1 Å². The van der Waals surface area contributed by atoms with Crippen LogP contribution in [0.4, 0.5) is 0 Å². The van der Waals surface area contributed by atoms with Gasteiger partial charge in [0, 0.05) is 18.4 Å². The van der Waals surface area contributed by atoms with Gasteiger partial charge in [-0.25, -0.2) is 0 Å². The second-order valence-electron chi connectivity index (χ2n) is 11.3. The van der Waals surface area contributed by atoms with Gasteiger partial charge in [0.1, 0.15) is 5.75 Å². The number of rotatable bonds is 6. The zero-order chi connectivity index (χ0) is 26.7. The summed E-state index contributed by atoms with van der Waals surface area (Å²) in [4.78, 5) is 65.9. The van der Waals surface area contributed by atoms with E-state index < -0.39 is 64.2 Å². The lowest BCUT2D eigenvalue weighted by molar-refractivity contribution is -0.182. The molecule has 1 aromatic rings. The van der Waals surface area contributed by atoms with Gasteiger partial charge in [-0.2, -0.15) is 0 Å². The van der Waals surface area contributed by atoms with E-state index in [1.54, 1.807) is 19.9 Å². The number of hydrogen-bond donors (Lipinski definition) is 4. The molecule has 0 saturated heterocycles. The van der Waals surface area contributed by atoms with Gasteiger partial charge < -0.3 is 21.3 Å². The number of nitrogens with two attached hydrogens (primary N) is 1. The van der Waals surface area contributed by atoms with E-state index >= 15 is 0 Å². The molecule has 1 amide bonds. The Morgan fingerprint density at radius 1 is 1.14 bits per heavy atom. The van der Waals surface area contributed by atoms with E-state index in [0.29, 0.717) is 18.0 Å². The van der Waals surface area contributed by atoms with Crippen molar-refractivity contribution in [3.63, 3.8) is 0 Å². The lowest BCUT2D eigenvalue weighted by Gasteiger charge is -2.52. The number of ketones is 4. The summed E-state index contributed by atoms with van der Waals surface area (Å²) in [5.74, 6) is -10.9. The number of fused-ring (bicyclic) bond motifs is 3. The largest absolute Gasteiger partial charge is 0.507 e. The van der Waals surface area contributed by atoms with Crippen LogP contribution in [0.15, 0.2) is 12.1 Å². The van der Waals surface area contributed by atoms with Crippen LogP contribution >= 0.6 is 0 Å². The average molecular weight is 499 g/mol. The molecular weight excluding hydrogens is 464 g/mol. The maximum Gasteiger partial charge on any atom is 0.235 e. The minimum Gasteiger partial charge on any atom is -0.507 e. The highest BCUT2D eigenvalue weighted by atomic mass is 16.3. The predicted molar refractivity (Wildman–Crippen MR) is 129 cm³/mol. The van der Waals surface area contributed by atoms with Crippen molar-refractivity contribution in [2.45, 2.75) is 52.7 Å². The standard InChI is InChI=1S/C27H34N2O7/c1-11(2)9-29-10-13-5-6-17(30)20-15(13)7-14-8-16-18(12(3)4)22(31)21(26(28)35)25(34)27(16,36)24(33)19(14)23(20)32/h5-6,11-12,14,16,18-19,21,29-30,36H,7-10H2,1-4H3,(H2,28,35)/t14-,16-,18-,19?,21?,27-/m0/s1. The molecule has 1 aromatic carbocycles. The van der Waals surface area contributed by atoms with Crippen molar-refractivity contribution < 1.29 is 34.2 Å². The number of carbonyl (C=O) groups excluding carboxylic acids is 5. The van der Waals surface area contributed by atoms with Crippen LogP contribution in [0, 0.1) is 41.4 Å². The summed E-state index contributed by atoms with van der Waals surface area (Å²) in [6.07, 6.45) is 0.363. The molecule has 4 rings (SSSR count). The van der Waals surface area contributed by atoms with Crippen LogP contribution in [0.25, 0.3) is 0 Å². The summed E-state index contributed by atoms with van der Waals surface area (Å²) >= 11 is 0. The molecule has 9 nitrogen and oxygen atoms in total. The van der Waals surface area contributed by atoms with Crippen LogP contribution < -0.4 is 11.1 Å². The van der Waals surface area contributed by atoms with Gasteiger partial charge >= 0.3 is 0 Å². The molecule has 0 aromatic heterocycles. The van der Waals surface area contributed by atoms with E-state index in [2.05, 4.69) is 19.2 Å². The van der Waals surface area contributed by atoms with Crippen LogP contribution in [0.1, 0.15) is 55.6 Å². The number of phenols is 1. The molecule has 0 radical (unpaired) electrons. The first-order chi connectivity index (χ1) is 16.8. The maximum absolute atomic E-state index is 13.8. The minimum absolute atomic E-state index is 0.0293. The molecule has 36 heavy (non-hydrogen) atoms. The monoisotopic (exact) mass is 498 g/mol. The Hall–Kier alpha value is -2.91. The first kappa shape index (κ1) is 26.2. The summed E-state index contributed by atoms with van der Waals surface area (Å²) < 4.78 is 0. The quantitative estimate of drug-likeness (QED) is 0.421. The fourth-order valence-electron chi connectivity index (χ4n) is 6.58. The van der Waals surface area contributed by atoms with Crippen molar-refractivity contribution in [2.75, 3.05) is 6.54 Å². The number of amides is 1. The Kier molecular flexibility index (Phi) is 6.68. The molecule has 0 bridgehead atoms. The Balaban J connectivity index is 1.79. The van der Waals surface area contributed by atoms with Gasteiger partial charge in [0.05, 0.1) is 11.5 Å². The summed E-state index contributed by atoms with van der Waals surface area (Å²) in [6.45, 7) is 8.82. The van der Waals surface area contributed by atoms with Crippen molar-refractivity contribution in [1.29, 1.82) is 0 Å². The number of Topliss-reactive ketones (excluding diaryl/α,β-unsaturated/α-hetero) is 4. The predicted octanol–water partition coefficient (Wildman–Crippen LogP) is 0.955. The highest BCUT2D eigenvalue weighted by molar-refractivity contribution is 6.31. The third kappa shape index (κ3) is 3.80. The molecule has 0 spiro atoms. The smallest absolute Gasteiger partial charge is 0.235 e. The topological polar surface area (TPSA) is 164 Å². The summed E-state index contributed by atoms with van der Waals surface area (Å²) in [5.41, 5.74) is 4.18. The molecule has 6 atom stereocenters. The van der Waals surface area contributed by atoms with Crippen LogP contribution in [0.5, 0.6) is 5.75 Å². The third-order valence-corrected chi connectivity index (χ3v) is 8.16. The second-order valence-corrected chi connectivity index (χ2v) is 11.3. The fourth-order valence-corrected chi connectivity index (χ4v) is 6.58. The summed E-state index contributed by atoms with van der Waals surface area (Å²) in [7, 11) is 0. The zero-order valence-corrected chi connectivity index (χ0v) is 21.0. The molecule has 0 aliphatic heterocycles. The lowest BCUT2D eigenvalue weighted by atomic mass is 9.49. The number of aromatic hydroxyl groups is 1. The van der Waals surface area contributed by atoms with E-state index in [4.69, 9.17) is 5.73 Å². The van der Waals surface area contributed by atoms with Crippen LogP contribution in [0.3, 0.4) is 0 Å². The summed E-state index contributed by atoms with van der Waals surface area (Å²) in [6, 6.07) is 3.16. The molecule has 0 heterocycles. The Morgan fingerprint density at radius 2 is 1.81 bits per heavy atom. The number of aliphatic hydroxyl groups is 1. The van der Waals surface area contributed by atoms with Crippen molar-refractivity contribution in [3.05, 3.63) is 28.8 Å². The van der Waals surface area contributed by atoms with Gasteiger partial charge in [-0.05, 0) is 54.3 Å². The Morgan fingerprint density at radius 3 is 2.39 bits per heavy atom. The van der Waals surface area contributed by atoms with E-state index in [1.165, 1.54) is 6.07 Å². The molecule has 194 valence electrons. The summed E-state index contributed by atoms with van der Waals surface area (Å²) in [5, 5.41) is 25.5. The van der Waals surface area contributed by atoms with Gasteiger partial charge in [0.15, 0.2) is 34.7 Å². The molecule has 9 heteroatoms. The van der Waals surface area contributed by atoms with Crippen molar-refractivity contribution in [2.24, 2.45) is 47.2 Å². The van der Waals surface area contributed by atoms with Gasteiger partial charge in [-0.1, -0.05) is 33.8 Å². The van der Waals surface area contributed by atoms with E-state index in [1.807, 2.05) is 0 Å². The average Bonchev–Trinajstić information content (AvgIpc) is 2.77. The normalized spacial score (nSPS) is 31.9.